The number of aliphatic imine (C=N–C) groups is 1. The molecule has 0 aliphatic rings. The van der Waals surface area contributed by atoms with E-state index in [9.17, 15) is 10.1 Å². The van der Waals surface area contributed by atoms with Gasteiger partial charge in [0.15, 0.2) is 5.82 Å². The van der Waals surface area contributed by atoms with Crippen LogP contribution in [0.3, 0.4) is 0 Å². The van der Waals surface area contributed by atoms with Crippen LogP contribution in [-0.2, 0) is 0 Å². The van der Waals surface area contributed by atoms with Crippen LogP contribution in [0, 0.1) is 10.1 Å². The molecule has 0 amide bonds. The van der Waals surface area contributed by atoms with Gasteiger partial charge in [-0.25, -0.2) is 9.98 Å². The van der Waals surface area contributed by atoms with Crippen LogP contribution in [0.15, 0.2) is 77.8 Å². The number of methoxy groups -OCH3 is 2. The minimum absolute atomic E-state index is 0.00631. The van der Waals surface area contributed by atoms with Crippen LogP contribution in [0.1, 0.15) is 5.56 Å². The number of aromatic amines is 1. The quantitative estimate of drug-likeness (QED) is 0.240. The molecule has 160 valence electrons. The zero-order valence-electron chi connectivity index (χ0n) is 17.5. The zero-order chi connectivity index (χ0) is 22.5. The first-order valence-electron chi connectivity index (χ1n) is 9.75. The van der Waals surface area contributed by atoms with Crippen LogP contribution in [0.4, 0.5) is 11.5 Å². The highest BCUT2D eigenvalue weighted by Gasteiger charge is 2.15. The molecule has 0 fully saturated rings. The van der Waals surface area contributed by atoms with Crippen molar-refractivity contribution < 1.29 is 14.4 Å². The standard InChI is InChI=1S/C24H20N4O4/c1-31-20-10-6-16(7-11-20)15-25-24-22(17-8-12-21(32-2)13-9-17)26-23(27-24)18-4-3-5-19(14-18)28(29)30/h3-15H,1-2H3,(H,26,27)/b25-15+. The number of nitrogens with zero attached hydrogens (tertiary/aromatic N) is 3. The van der Waals surface area contributed by atoms with Crippen molar-refractivity contribution in [3.63, 3.8) is 0 Å². The van der Waals surface area contributed by atoms with Crippen LogP contribution < -0.4 is 9.47 Å². The Hall–Kier alpha value is -4.46. The third-order valence-corrected chi connectivity index (χ3v) is 4.85. The maximum atomic E-state index is 11.2. The Morgan fingerprint density at radius 2 is 1.59 bits per heavy atom. The monoisotopic (exact) mass is 428 g/mol. The molecule has 0 spiro atoms. The highest BCUT2D eigenvalue weighted by Crippen LogP contribution is 2.33. The van der Waals surface area contributed by atoms with Gasteiger partial charge in [0.25, 0.3) is 5.69 Å². The number of nitro benzene ring substituents is 1. The van der Waals surface area contributed by atoms with Crippen LogP contribution in [0.25, 0.3) is 22.6 Å². The number of non-ortho nitro benzene ring substituents is 1. The number of aromatic nitrogens is 2. The average Bonchev–Trinajstić information content (AvgIpc) is 3.27. The van der Waals surface area contributed by atoms with Crippen LogP contribution in [0.5, 0.6) is 11.5 Å². The third-order valence-electron chi connectivity index (χ3n) is 4.85. The maximum Gasteiger partial charge on any atom is 0.270 e. The van der Waals surface area contributed by atoms with Gasteiger partial charge in [-0.1, -0.05) is 12.1 Å². The summed E-state index contributed by atoms with van der Waals surface area (Å²) in [6.07, 6.45) is 1.71. The van der Waals surface area contributed by atoms with Crippen molar-refractivity contribution in [3.05, 3.63) is 88.5 Å². The molecule has 1 N–H and O–H groups in total. The Kier molecular flexibility index (Phi) is 5.94. The minimum atomic E-state index is -0.431. The number of hydrogen-bond donors (Lipinski definition) is 1. The van der Waals surface area contributed by atoms with E-state index in [1.165, 1.54) is 12.1 Å². The molecule has 4 aromatic rings. The maximum absolute atomic E-state index is 11.2. The fraction of sp³-hybridized carbons (Fsp3) is 0.0833. The highest BCUT2D eigenvalue weighted by molar-refractivity contribution is 5.85. The van der Waals surface area contributed by atoms with Gasteiger partial charge in [0, 0.05) is 29.5 Å². The predicted octanol–water partition coefficient (Wildman–Crippen LogP) is 5.42. The first-order valence-corrected chi connectivity index (χ1v) is 9.75. The summed E-state index contributed by atoms with van der Waals surface area (Å²) < 4.78 is 10.4. The summed E-state index contributed by atoms with van der Waals surface area (Å²) in [6.45, 7) is 0. The number of imidazole rings is 1. The molecule has 0 saturated carbocycles. The second-order valence-electron chi connectivity index (χ2n) is 6.85. The summed E-state index contributed by atoms with van der Waals surface area (Å²) >= 11 is 0. The van der Waals surface area contributed by atoms with Crippen molar-refractivity contribution in [1.82, 2.24) is 9.97 Å². The van der Waals surface area contributed by atoms with Gasteiger partial charge in [0.1, 0.15) is 17.3 Å². The summed E-state index contributed by atoms with van der Waals surface area (Å²) in [5, 5.41) is 11.2. The fourth-order valence-corrected chi connectivity index (χ4v) is 3.15. The molecule has 0 aliphatic heterocycles. The molecule has 8 heteroatoms. The molecular weight excluding hydrogens is 408 g/mol. The van der Waals surface area contributed by atoms with Gasteiger partial charge in [-0.05, 0) is 54.1 Å². The molecule has 0 atom stereocenters. The molecule has 32 heavy (non-hydrogen) atoms. The summed E-state index contributed by atoms with van der Waals surface area (Å²) in [5.74, 6) is 2.44. The third kappa shape index (κ3) is 4.49. The molecule has 4 rings (SSSR count). The van der Waals surface area contributed by atoms with Crippen LogP contribution >= 0.6 is 0 Å². The van der Waals surface area contributed by atoms with E-state index in [2.05, 4.69) is 15.0 Å². The van der Waals surface area contributed by atoms with E-state index in [0.29, 0.717) is 22.9 Å². The fourth-order valence-electron chi connectivity index (χ4n) is 3.15. The number of rotatable bonds is 7. The summed E-state index contributed by atoms with van der Waals surface area (Å²) in [7, 11) is 3.22. The first kappa shape index (κ1) is 20.8. The lowest BCUT2D eigenvalue weighted by molar-refractivity contribution is -0.384. The van der Waals surface area contributed by atoms with Crippen molar-refractivity contribution in [2.45, 2.75) is 0 Å². The van der Waals surface area contributed by atoms with Gasteiger partial charge < -0.3 is 14.5 Å². The minimum Gasteiger partial charge on any atom is -0.497 e. The molecule has 1 heterocycles. The zero-order valence-corrected chi connectivity index (χ0v) is 17.5. The molecular formula is C24H20N4O4. The van der Waals surface area contributed by atoms with Crippen molar-refractivity contribution in [2.75, 3.05) is 14.2 Å². The van der Waals surface area contributed by atoms with Crippen LogP contribution in [-0.4, -0.2) is 35.3 Å². The Morgan fingerprint density at radius 3 is 2.22 bits per heavy atom. The molecule has 8 nitrogen and oxygen atoms in total. The summed E-state index contributed by atoms with van der Waals surface area (Å²) in [6, 6.07) is 21.3. The molecule has 0 bridgehead atoms. The highest BCUT2D eigenvalue weighted by atomic mass is 16.6. The molecule has 1 aromatic heterocycles. The average molecular weight is 428 g/mol. The van der Waals surface area contributed by atoms with E-state index >= 15 is 0 Å². The Balaban J connectivity index is 1.76. The van der Waals surface area contributed by atoms with Gasteiger partial charge in [0.05, 0.1) is 24.8 Å². The lowest BCUT2D eigenvalue weighted by Crippen LogP contribution is -1.89. The molecule has 3 aromatic carbocycles. The van der Waals surface area contributed by atoms with Gasteiger partial charge in [0.2, 0.25) is 0 Å². The Morgan fingerprint density at radius 1 is 0.938 bits per heavy atom. The number of benzene rings is 3. The topological polar surface area (TPSA) is 103 Å². The molecule has 0 saturated heterocycles. The van der Waals surface area contributed by atoms with Crippen LogP contribution in [0.2, 0.25) is 0 Å². The smallest absolute Gasteiger partial charge is 0.270 e. The summed E-state index contributed by atoms with van der Waals surface area (Å²) in [5.41, 5.74) is 3.02. The van der Waals surface area contributed by atoms with E-state index in [0.717, 1.165) is 22.6 Å². The van der Waals surface area contributed by atoms with Crippen molar-refractivity contribution in [1.29, 1.82) is 0 Å². The number of nitro groups is 1. The first-order chi connectivity index (χ1) is 15.6. The Labute approximate surface area is 184 Å². The second kappa shape index (κ2) is 9.13. The van der Waals surface area contributed by atoms with Gasteiger partial charge in [-0.2, -0.15) is 0 Å². The van der Waals surface area contributed by atoms with Gasteiger partial charge >= 0.3 is 0 Å². The Bertz CT molecular complexity index is 1260. The van der Waals surface area contributed by atoms with Crippen molar-refractivity contribution in [3.8, 4) is 34.1 Å². The number of H-pyrrole nitrogens is 1. The molecule has 0 aliphatic carbocycles. The van der Waals surface area contributed by atoms with E-state index in [4.69, 9.17) is 9.47 Å². The normalized spacial score (nSPS) is 10.9. The van der Waals surface area contributed by atoms with Gasteiger partial charge in [-0.3, -0.25) is 10.1 Å². The second-order valence-corrected chi connectivity index (χ2v) is 6.85. The lowest BCUT2D eigenvalue weighted by Gasteiger charge is -2.02. The largest absolute Gasteiger partial charge is 0.497 e. The number of hydrogen-bond acceptors (Lipinski definition) is 6. The van der Waals surface area contributed by atoms with Crippen molar-refractivity contribution in [2.24, 2.45) is 4.99 Å². The number of ether oxygens (including phenoxy) is 2. The van der Waals surface area contributed by atoms with E-state index < -0.39 is 4.92 Å². The molecule has 0 radical (unpaired) electrons. The molecule has 0 unspecified atom stereocenters. The van der Waals surface area contributed by atoms with E-state index in [1.54, 1.807) is 32.6 Å². The van der Waals surface area contributed by atoms with E-state index in [-0.39, 0.29) is 5.69 Å². The van der Waals surface area contributed by atoms with Gasteiger partial charge in [-0.15, -0.1) is 0 Å². The lowest BCUT2D eigenvalue weighted by atomic mass is 10.1. The number of nitrogens with one attached hydrogen (secondary N) is 1. The predicted molar refractivity (Wildman–Crippen MR) is 123 cm³/mol. The summed E-state index contributed by atoms with van der Waals surface area (Å²) in [4.78, 5) is 23.2. The SMILES string of the molecule is COc1ccc(/C=N/c2nc(-c3cccc([N+](=O)[O-])c3)[nH]c2-c2ccc(OC)cc2)cc1. The van der Waals surface area contributed by atoms with E-state index in [1.807, 2.05) is 48.5 Å². The van der Waals surface area contributed by atoms with Crippen molar-refractivity contribution >= 4 is 17.7 Å².